The molecule has 0 aromatic rings. The smallest absolute Gasteiger partial charge is 0.314 e. The Kier molecular flexibility index (Phi) is 15.0. The number of hydrogen-bond donors (Lipinski definition) is 5. The zero-order chi connectivity index (χ0) is 24.4. The number of amides is 4. The number of nitrogens with two attached hydrogens (primary N) is 2. The van der Waals surface area contributed by atoms with Gasteiger partial charge in [0, 0.05) is 19.6 Å². The third-order valence-electron chi connectivity index (χ3n) is 7.44. The molecule has 0 aromatic heterocycles. The minimum Gasteiger partial charge on any atom is -0.352 e. The molecule has 2 rings (SSSR count). The molecule has 4 amide bonds. The summed E-state index contributed by atoms with van der Waals surface area (Å²) in [6.45, 7) is 9.88. The summed E-state index contributed by atoms with van der Waals surface area (Å²) in [6.07, 6.45) is 13.4. The zero-order valence-corrected chi connectivity index (χ0v) is 21.4. The molecule has 9 heteroatoms. The number of nitrogens with one attached hydrogen (secondary N) is 3. The number of piperidine rings is 2. The number of primary amides is 1. The van der Waals surface area contributed by atoms with Crippen LogP contribution in [0.4, 0.5) is 9.59 Å². The first-order valence-electron chi connectivity index (χ1n) is 13.8. The molecule has 0 spiro atoms. The van der Waals surface area contributed by atoms with Gasteiger partial charge in [-0.2, -0.15) is 0 Å². The third kappa shape index (κ3) is 13.3. The first kappa shape index (κ1) is 28.7. The van der Waals surface area contributed by atoms with E-state index in [-0.39, 0.29) is 6.03 Å². The topological polar surface area (TPSA) is 129 Å². The molecule has 2 heterocycles. The summed E-state index contributed by atoms with van der Waals surface area (Å²) >= 11 is 0. The molecule has 0 aromatic carbocycles. The quantitative estimate of drug-likeness (QED) is 0.216. The zero-order valence-electron chi connectivity index (χ0n) is 21.4. The van der Waals surface area contributed by atoms with Crippen LogP contribution >= 0.6 is 0 Å². The van der Waals surface area contributed by atoms with E-state index < -0.39 is 6.03 Å². The third-order valence-corrected chi connectivity index (χ3v) is 7.44. The second-order valence-electron chi connectivity index (χ2n) is 10.2. The van der Waals surface area contributed by atoms with Gasteiger partial charge in [-0.3, -0.25) is 0 Å². The Labute approximate surface area is 207 Å². The summed E-state index contributed by atoms with van der Waals surface area (Å²) in [5.41, 5.74) is 10.6. The Hall–Kier alpha value is -1.58. The van der Waals surface area contributed by atoms with Gasteiger partial charge in [-0.15, -0.1) is 0 Å². The summed E-state index contributed by atoms with van der Waals surface area (Å²) in [4.78, 5) is 27.5. The van der Waals surface area contributed by atoms with Gasteiger partial charge in [-0.05, 0) is 109 Å². The van der Waals surface area contributed by atoms with Gasteiger partial charge in [0.2, 0.25) is 0 Å². The highest BCUT2D eigenvalue weighted by Gasteiger charge is 2.21. The van der Waals surface area contributed by atoms with Crippen molar-refractivity contribution in [1.29, 1.82) is 0 Å². The fourth-order valence-corrected chi connectivity index (χ4v) is 5.24. The highest BCUT2D eigenvalue weighted by molar-refractivity contribution is 5.73. The molecule has 7 N–H and O–H groups in total. The number of nitrogens with zero attached hydrogens (tertiary/aromatic N) is 2. The van der Waals surface area contributed by atoms with E-state index in [1.807, 2.05) is 0 Å². The largest absolute Gasteiger partial charge is 0.352 e. The number of hydrogen-bond acceptors (Lipinski definition) is 5. The number of carbonyl (C=O) groups is 2. The molecular formula is C25H51N7O2. The molecule has 0 unspecified atom stereocenters. The van der Waals surface area contributed by atoms with Crippen molar-refractivity contribution in [2.45, 2.75) is 70.6 Å². The molecule has 34 heavy (non-hydrogen) atoms. The van der Waals surface area contributed by atoms with E-state index in [0.29, 0.717) is 19.6 Å². The van der Waals surface area contributed by atoms with E-state index in [1.54, 1.807) is 0 Å². The first-order valence-corrected chi connectivity index (χ1v) is 13.8. The lowest BCUT2D eigenvalue weighted by atomic mass is 9.87. The van der Waals surface area contributed by atoms with Gasteiger partial charge in [-0.1, -0.05) is 19.3 Å². The van der Waals surface area contributed by atoms with Crippen LogP contribution in [0.25, 0.3) is 0 Å². The summed E-state index contributed by atoms with van der Waals surface area (Å²) in [5.74, 6) is 1.85. The summed E-state index contributed by atoms with van der Waals surface area (Å²) in [6, 6.07) is -0.612. The number of rotatable bonds is 16. The Bertz CT molecular complexity index is 547. The van der Waals surface area contributed by atoms with Gasteiger partial charge in [0.05, 0.1) is 0 Å². The SMILES string of the molecule is NCCCN1CCC(CCCC2CCN(CCCNC(=O)NCCCCNC(N)=O)CC2)CC1. The van der Waals surface area contributed by atoms with Crippen LogP contribution in [-0.4, -0.2) is 87.3 Å². The fourth-order valence-electron chi connectivity index (χ4n) is 5.24. The number of carbonyl (C=O) groups excluding carboxylic acids is 2. The van der Waals surface area contributed by atoms with Crippen molar-refractivity contribution >= 4 is 12.1 Å². The van der Waals surface area contributed by atoms with E-state index in [9.17, 15) is 9.59 Å². The Morgan fingerprint density at radius 1 is 0.676 bits per heavy atom. The van der Waals surface area contributed by atoms with E-state index >= 15 is 0 Å². The van der Waals surface area contributed by atoms with Gasteiger partial charge in [0.15, 0.2) is 0 Å². The molecule has 0 aliphatic carbocycles. The molecule has 198 valence electrons. The second kappa shape index (κ2) is 17.8. The lowest BCUT2D eigenvalue weighted by Crippen LogP contribution is -2.39. The molecule has 0 atom stereocenters. The Morgan fingerprint density at radius 3 is 1.65 bits per heavy atom. The van der Waals surface area contributed by atoms with Crippen LogP contribution in [-0.2, 0) is 0 Å². The van der Waals surface area contributed by atoms with Crippen LogP contribution in [0.3, 0.4) is 0 Å². The lowest BCUT2D eigenvalue weighted by Gasteiger charge is -2.33. The maximum absolute atomic E-state index is 11.8. The van der Waals surface area contributed by atoms with Crippen LogP contribution in [0.1, 0.15) is 70.6 Å². The monoisotopic (exact) mass is 481 g/mol. The first-order chi connectivity index (χ1) is 16.6. The Balaban J connectivity index is 1.39. The van der Waals surface area contributed by atoms with Crippen molar-refractivity contribution in [3.05, 3.63) is 0 Å². The molecule has 2 aliphatic heterocycles. The minimum absolute atomic E-state index is 0.109. The van der Waals surface area contributed by atoms with Crippen molar-refractivity contribution in [3.63, 3.8) is 0 Å². The van der Waals surface area contributed by atoms with E-state index in [2.05, 4.69) is 25.8 Å². The lowest BCUT2D eigenvalue weighted by molar-refractivity contribution is 0.161. The van der Waals surface area contributed by atoms with Gasteiger partial charge < -0.3 is 37.2 Å². The molecule has 0 bridgehead atoms. The van der Waals surface area contributed by atoms with Crippen LogP contribution < -0.4 is 27.4 Å². The molecular weight excluding hydrogens is 430 g/mol. The van der Waals surface area contributed by atoms with Crippen molar-refractivity contribution < 1.29 is 9.59 Å². The normalized spacial score (nSPS) is 18.6. The van der Waals surface area contributed by atoms with Crippen LogP contribution in [0.2, 0.25) is 0 Å². The molecule has 0 radical (unpaired) electrons. The van der Waals surface area contributed by atoms with E-state index in [0.717, 1.165) is 50.6 Å². The maximum atomic E-state index is 11.8. The van der Waals surface area contributed by atoms with Crippen molar-refractivity contribution in [2.24, 2.45) is 23.3 Å². The van der Waals surface area contributed by atoms with Crippen molar-refractivity contribution in [1.82, 2.24) is 25.8 Å². The Morgan fingerprint density at radius 2 is 1.15 bits per heavy atom. The highest BCUT2D eigenvalue weighted by Crippen LogP contribution is 2.27. The van der Waals surface area contributed by atoms with Gasteiger partial charge in [0.25, 0.3) is 0 Å². The highest BCUT2D eigenvalue weighted by atomic mass is 16.2. The maximum Gasteiger partial charge on any atom is 0.314 e. The molecule has 0 saturated carbocycles. The van der Waals surface area contributed by atoms with Crippen molar-refractivity contribution in [3.8, 4) is 0 Å². The van der Waals surface area contributed by atoms with Crippen LogP contribution in [0, 0.1) is 11.8 Å². The average molecular weight is 482 g/mol. The summed E-state index contributed by atoms with van der Waals surface area (Å²) in [7, 11) is 0. The van der Waals surface area contributed by atoms with E-state index in [4.69, 9.17) is 11.5 Å². The molecule has 2 saturated heterocycles. The van der Waals surface area contributed by atoms with E-state index in [1.165, 1.54) is 77.7 Å². The average Bonchev–Trinajstić information content (AvgIpc) is 2.84. The number of likely N-dealkylation sites (tertiary alicyclic amines) is 2. The minimum atomic E-state index is -0.504. The number of unbranched alkanes of at least 4 members (excludes halogenated alkanes) is 1. The summed E-state index contributed by atoms with van der Waals surface area (Å²) < 4.78 is 0. The number of urea groups is 2. The standard InChI is InChI=1S/C25H51N7O2/c26-12-4-16-31-18-8-22(9-19-31)6-3-7-23-10-20-32(21-11-23)17-5-15-30-25(34)29-14-2-1-13-28-24(27)33/h22-23H,1-21,26H2,(H3,27,28,33)(H2,29,30,34). The van der Waals surface area contributed by atoms with Crippen LogP contribution in [0.15, 0.2) is 0 Å². The van der Waals surface area contributed by atoms with Crippen molar-refractivity contribution in [2.75, 3.05) is 65.4 Å². The summed E-state index contributed by atoms with van der Waals surface area (Å²) in [5, 5.41) is 8.33. The van der Waals surface area contributed by atoms with Gasteiger partial charge in [0.1, 0.15) is 0 Å². The van der Waals surface area contributed by atoms with Gasteiger partial charge >= 0.3 is 12.1 Å². The predicted molar refractivity (Wildman–Crippen MR) is 139 cm³/mol. The predicted octanol–water partition coefficient (Wildman–Crippen LogP) is 2.07. The van der Waals surface area contributed by atoms with Gasteiger partial charge in [-0.25, -0.2) is 9.59 Å². The fraction of sp³-hybridized carbons (Fsp3) is 0.920. The molecule has 2 fully saturated rings. The second-order valence-corrected chi connectivity index (χ2v) is 10.2. The molecule has 2 aliphatic rings. The van der Waals surface area contributed by atoms with Crippen LogP contribution in [0.5, 0.6) is 0 Å². The molecule has 9 nitrogen and oxygen atoms in total.